The van der Waals surface area contributed by atoms with Gasteiger partial charge in [0.05, 0.1) is 11.6 Å². The van der Waals surface area contributed by atoms with Crippen LogP contribution in [0.2, 0.25) is 0 Å². The van der Waals surface area contributed by atoms with Crippen LogP contribution >= 0.6 is 0 Å². The monoisotopic (exact) mass is 282 g/mol. The van der Waals surface area contributed by atoms with Gasteiger partial charge >= 0.3 is 0 Å². The first kappa shape index (κ1) is 15.2. The van der Waals surface area contributed by atoms with Crippen LogP contribution in [0.1, 0.15) is 47.9 Å². The molecule has 3 nitrogen and oxygen atoms in total. The van der Waals surface area contributed by atoms with Crippen LogP contribution in [0.5, 0.6) is 0 Å². The molecule has 1 aromatic carbocycles. The molecule has 110 valence electrons. The molecule has 0 aliphatic carbocycles. The van der Waals surface area contributed by atoms with Crippen molar-refractivity contribution >= 4 is 5.91 Å². The topological polar surface area (TPSA) is 42.0 Å². The second-order valence-corrected chi connectivity index (χ2v) is 5.75. The van der Waals surface area contributed by atoms with Crippen LogP contribution in [0.4, 0.5) is 0 Å². The third-order valence-corrected chi connectivity index (χ3v) is 3.39. The minimum absolute atomic E-state index is 0.0278. The van der Waals surface area contributed by atoms with Crippen molar-refractivity contribution in [2.24, 2.45) is 5.92 Å². The lowest BCUT2D eigenvalue weighted by Crippen LogP contribution is -2.29. The second kappa shape index (κ2) is 7.02. The molecule has 0 spiro atoms. The Kier molecular flexibility index (Phi) is 5.09. The molecule has 1 heterocycles. The zero-order valence-corrected chi connectivity index (χ0v) is 12.8. The molecule has 0 unspecified atom stereocenters. The highest BCUT2D eigenvalue weighted by Crippen LogP contribution is 2.21. The smallest absolute Gasteiger partial charge is 0.253 e. The third kappa shape index (κ3) is 4.42. The van der Waals surface area contributed by atoms with Gasteiger partial charge in [0.2, 0.25) is 0 Å². The zero-order valence-electron chi connectivity index (χ0n) is 12.8. The van der Waals surface area contributed by atoms with E-state index in [4.69, 9.17) is 0 Å². The number of hydrogen-bond acceptors (Lipinski definition) is 2. The van der Waals surface area contributed by atoms with Crippen LogP contribution in [-0.4, -0.2) is 10.9 Å². The SMILES string of the molecule is Cc1ccc(C(=O)N[C@H](CC(C)C)c2ccccc2)cn1. The molecule has 1 atom stereocenters. The summed E-state index contributed by atoms with van der Waals surface area (Å²) in [5.41, 5.74) is 2.65. The van der Waals surface area contributed by atoms with Crippen molar-refractivity contribution in [3.63, 3.8) is 0 Å². The lowest BCUT2D eigenvalue weighted by molar-refractivity contribution is 0.0931. The van der Waals surface area contributed by atoms with E-state index in [9.17, 15) is 4.79 Å². The molecule has 0 fully saturated rings. The van der Waals surface area contributed by atoms with Gasteiger partial charge in [-0.25, -0.2) is 0 Å². The molecule has 0 aliphatic rings. The molecule has 2 aromatic rings. The minimum Gasteiger partial charge on any atom is -0.345 e. The predicted octanol–water partition coefficient (Wildman–Crippen LogP) is 3.91. The van der Waals surface area contributed by atoms with Crippen LogP contribution in [0, 0.1) is 12.8 Å². The van der Waals surface area contributed by atoms with Crippen LogP contribution < -0.4 is 5.32 Å². The van der Waals surface area contributed by atoms with Crippen molar-refractivity contribution in [3.8, 4) is 0 Å². The summed E-state index contributed by atoms with van der Waals surface area (Å²) in [5, 5.41) is 3.12. The molecule has 1 aromatic heterocycles. The zero-order chi connectivity index (χ0) is 15.2. The van der Waals surface area contributed by atoms with Crippen LogP contribution in [0.15, 0.2) is 48.7 Å². The summed E-state index contributed by atoms with van der Waals surface area (Å²) in [6.45, 7) is 6.23. The highest BCUT2D eigenvalue weighted by atomic mass is 16.1. The molecular weight excluding hydrogens is 260 g/mol. The number of benzene rings is 1. The summed E-state index contributed by atoms with van der Waals surface area (Å²) in [5.74, 6) is 0.434. The van der Waals surface area contributed by atoms with Crippen molar-refractivity contribution < 1.29 is 4.79 Å². The van der Waals surface area contributed by atoms with Gasteiger partial charge in [0.1, 0.15) is 0 Å². The summed E-state index contributed by atoms with van der Waals surface area (Å²) < 4.78 is 0. The van der Waals surface area contributed by atoms with Crippen LogP contribution in [-0.2, 0) is 0 Å². The van der Waals surface area contributed by atoms with E-state index in [0.717, 1.165) is 17.7 Å². The maximum atomic E-state index is 12.4. The lowest BCUT2D eigenvalue weighted by atomic mass is 9.96. The van der Waals surface area contributed by atoms with Crippen molar-refractivity contribution in [1.82, 2.24) is 10.3 Å². The molecule has 1 N–H and O–H groups in total. The average Bonchev–Trinajstić information content (AvgIpc) is 2.47. The number of hydrogen-bond donors (Lipinski definition) is 1. The number of amides is 1. The van der Waals surface area contributed by atoms with E-state index in [1.165, 1.54) is 0 Å². The van der Waals surface area contributed by atoms with Gasteiger partial charge in [-0.2, -0.15) is 0 Å². The van der Waals surface area contributed by atoms with Crippen LogP contribution in [0.3, 0.4) is 0 Å². The van der Waals surface area contributed by atoms with E-state index in [2.05, 4.69) is 36.3 Å². The van der Waals surface area contributed by atoms with E-state index in [-0.39, 0.29) is 11.9 Å². The van der Waals surface area contributed by atoms with Gasteiger partial charge < -0.3 is 5.32 Å². The van der Waals surface area contributed by atoms with Gasteiger partial charge in [0.25, 0.3) is 5.91 Å². The standard InChI is InChI=1S/C18H22N2O/c1-13(2)11-17(15-7-5-4-6-8-15)20-18(21)16-10-9-14(3)19-12-16/h4-10,12-13,17H,11H2,1-3H3,(H,20,21)/t17-/m1/s1. The molecule has 0 saturated carbocycles. The Morgan fingerprint density at radius 2 is 1.86 bits per heavy atom. The molecule has 3 heteroatoms. The van der Waals surface area contributed by atoms with E-state index >= 15 is 0 Å². The molecule has 0 saturated heterocycles. The highest BCUT2D eigenvalue weighted by Gasteiger charge is 2.17. The summed E-state index contributed by atoms with van der Waals surface area (Å²) in [6.07, 6.45) is 2.54. The number of nitrogens with one attached hydrogen (secondary N) is 1. The quantitative estimate of drug-likeness (QED) is 0.903. The normalized spacial score (nSPS) is 12.2. The Morgan fingerprint density at radius 3 is 2.43 bits per heavy atom. The fourth-order valence-corrected chi connectivity index (χ4v) is 2.28. The van der Waals surface area contributed by atoms with E-state index in [0.29, 0.717) is 11.5 Å². The Balaban J connectivity index is 2.15. The lowest BCUT2D eigenvalue weighted by Gasteiger charge is -2.21. The minimum atomic E-state index is -0.0722. The number of pyridine rings is 1. The average molecular weight is 282 g/mol. The Morgan fingerprint density at radius 1 is 1.14 bits per heavy atom. The fourth-order valence-electron chi connectivity index (χ4n) is 2.28. The Bertz CT molecular complexity index is 576. The molecule has 2 rings (SSSR count). The summed E-state index contributed by atoms with van der Waals surface area (Å²) in [6, 6.07) is 13.8. The van der Waals surface area contributed by atoms with Crippen molar-refractivity contribution in [2.75, 3.05) is 0 Å². The van der Waals surface area contributed by atoms with E-state index < -0.39 is 0 Å². The van der Waals surface area contributed by atoms with E-state index in [1.54, 1.807) is 6.20 Å². The number of aromatic nitrogens is 1. The molecule has 21 heavy (non-hydrogen) atoms. The van der Waals surface area contributed by atoms with Crippen LogP contribution in [0.25, 0.3) is 0 Å². The number of carbonyl (C=O) groups excluding carboxylic acids is 1. The van der Waals surface area contributed by atoms with Gasteiger partial charge in [0, 0.05) is 11.9 Å². The first-order chi connectivity index (χ1) is 10.1. The third-order valence-electron chi connectivity index (χ3n) is 3.39. The largest absolute Gasteiger partial charge is 0.345 e. The summed E-state index contributed by atoms with van der Waals surface area (Å²) in [7, 11) is 0. The van der Waals surface area contributed by atoms with Gasteiger partial charge in [-0.15, -0.1) is 0 Å². The Hall–Kier alpha value is -2.16. The number of nitrogens with zero attached hydrogens (tertiary/aromatic N) is 1. The van der Waals surface area contributed by atoms with Gasteiger partial charge in [-0.05, 0) is 37.0 Å². The number of carbonyl (C=O) groups is 1. The highest BCUT2D eigenvalue weighted by molar-refractivity contribution is 5.94. The van der Waals surface area contributed by atoms with E-state index in [1.807, 2.05) is 37.3 Å². The molecule has 0 aliphatic heterocycles. The number of rotatable bonds is 5. The maximum absolute atomic E-state index is 12.4. The predicted molar refractivity (Wildman–Crippen MR) is 85.1 cm³/mol. The van der Waals surface area contributed by atoms with Crippen molar-refractivity contribution in [2.45, 2.75) is 33.2 Å². The summed E-state index contributed by atoms with van der Waals surface area (Å²) >= 11 is 0. The molecule has 1 amide bonds. The number of aryl methyl sites for hydroxylation is 1. The fraction of sp³-hybridized carbons (Fsp3) is 0.333. The molecule has 0 radical (unpaired) electrons. The van der Waals surface area contributed by atoms with Crippen molar-refractivity contribution in [3.05, 3.63) is 65.5 Å². The first-order valence-corrected chi connectivity index (χ1v) is 7.34. The first-order valence-electron chi connectivity index (χ1n) is 7.34. The second-order valence-electron chi connectivity index (χ2n) is 5.75. The molecule has 0 bridgehead atoms. The Labute approximate surface area is 126 Å². The summed E-state index contributed by atoms with van der Waals surface area (Å²) in [4.78, 5) is 16.6. The van der Waals surface area contributed by atoms with Gasteiger partial charge in [0.15, 0.2) is 0 Å². The van der Waals surface area contributed by atoms with Gasteiger partial charge in [-0.1, -0.05) is 44.2 Å². The molecular formula is C18H22N2O. The maximum Gasteiger partial charge on any atom is 0.253 e. The van der Waals surface area contributed by atoms with Gasteiger partial charge in [-0.3, -0.25) is 9.78 Å². The van der Waals surface area contributed by atoms with Crippen molar-refractivity contribution in [1.29, 1.82) is 0 Å².